The van der Waals surface area contributed by atoms with Crippen molar-refractivity contribution in [2.24, 2.45) is 5.92 Å². The fraction of sp³-hybridized carbons (Fsp3) is 0.421. The second kappa shape index (κ2) is 7.90. The molecule has 1 aromatic heterocycles. The van der Waals surface area contributed by atoms with E-state index in [4.69, 9.17) is 0 Å². The van der Waals surface area contributed by atoms with Gasteiger partial charge in [-0.15, -0.1) is 10.2 Å². The molecule has 0 radical (unpaired) electrons. The first-order chi connectivity index (χ1) is 11.7. The fourth-order valence-corrected chi connectivity index (χ4v) is 2.89. The Morgan fingerprint density at radius 1 is 1.12 bits per heavy atom. The van der Waals surface area contributed by atoms with Gasteiger partial charge in [0.25, 0.3) is 5.91 Å². The van der Waals surface area contributed by atoms with Gasteiger partial charge in [0.05, 0.1) is 0 Å². The topological polar surface area (TPSA) is 58.1 Å². The third-order valence-electron chi connectivity index (χ3n) is 4.52. The molecule has 126 valence electrons. The van der Waals surface area contributed by atoms with E-state index in [1.807, 2.05) is 29.2 Å². The summed E-state index contributed by atoms with van der Waals surface area (Å²) in [6.07, 6.45) is 3.06. The first-order valence-corrected chi connectivity index (χ1v) is 8.63. The molecule has 1 fully saturated rings. The highest BCUT2D eigenvalue weighted by Crippen LogP contribution is 2.17. The maximum Gasteiger partial charge on any atom is 0.274 e. The van der Waals surface area contributed by atoms with Crippen molar-refractivity contribution in [1.29, 1.82) is 0 Å². The number of nitrogens with one attached hydrogen (secondary N) is 1. The van der Waals surface area contributed by atoms with Gasteiger partial charge in [0.15, 0.2) is 5.69 Å². The zero-order valence-corrected chi connectivity index (χ0v) is 14.1. The molecule has 0 spiro atoms. The Labute approximate surface area is 143 Å². The zero-order valence-electron chi connectivity index (χ0n) is 14.1. The number of benzene rings is 1. The highest BCUT2D eigenvalue weighted by atomic mass is 16.2. The predicted octanol–water partition coefficient (Wildman–Crippen LogP) is 3.00. The van der Waals surface area contributed by atoms with Gasteiger partial charge in [-0.05, 0) is 42.9 Å². The van der Waals surface area contributed by atoms with Crippen LogP contribution in [0.15, 0.2) is 42.5 Å². The van der Waals surface area contributed by atoms with Crippen molar-refractivity contribution in [3.05, 3.63) is 53.7 Å². The average molecular weight is 324 g/mol. The normalized spacial score (nSPS) is 15.3. The molecule has 5 heteroatoms. The van der Waals surface area contributed by atoms with Gasteiger partial charge in [0.1, 0.15) is 5.82 Å². The van der Waals surface area contributed by atoms with Gasteiger partial charge >= 0.3 is 0 Å². The highest BCUT2D eigenvalue weighted by Gasteiger charge is 2.22. The summed E-state index contributed by atoms with van der Waals surface area (Å²) in [4.78, 5) is 14.3. The van der Waals surface area contributed by atoms with Crippen molar-refractivity contribution < 1.29 is 4.79 Å². The summed E-state index contributed by atoms with van der Waals surface area (Å²) in [6.45, 7) is 4.66. The van der Waals surface area contributed by atoms with Crippen LogP contribution in [0.5, 0.6) is 0 Å². The number of piperidine rings is 1. The standard InChI is InChI=1S/C19H24N4O/c1-15-10-13-23(14-11-15)19(24)17-7-8-18(22-21-17)20-12-9-16-5-3-2-4-6-16/h2-8,15H,9-14H2,1H3,(H,20,22). The van der Waals surface area contributed by atoms with Crippen molar-refractivity contribution >= 4 is 11.7 Å². The SMILES string of the molecule is CC1CCN(C(=O)c2ccc(NCCc3ccccc3)nn2)CC1. The summed E-state index contributed by atoms with van der Waals surface area (Å²) in [5, 5.41) is 11.5. The van der Waals surface area contributed by atoms with E-state index in [1.54, 1.807) is 6.07 Å². The number of anilines is 1. The predicted molar refractivity (Wildman–Crippen MR) is 95.0 cm³/mol. The van der Waals surface area contributed by atoms with E-state index in [9.17, 15) is 4.79 Å². The number of nitrogens with zero attached hydrogens (tertiary/aromatic N) is 3. The Morgan fingerprint density at radius 3 is 2.54 bits per heavy atom. The number of carbonyl (C=O) groups excluding carboxylic acids is 1. The lowest BCUT2D eigenvalue weighted by Gasteiger charge is -2.29. The van der Waals surface area contributed by atoms with Crippen LogP contribution in [0.2, 0.25) is 0 Å². The van der Waals surface area contributed by atoms with Crippen molar-refractivity contribution in [3.8, 4) is 0 Å². The van der Waals surface area contributed by atoms with Crippen LogP contribution >= 0.6 is 0 Å². The molecule has 1 aromatic carbocycles. The molecule has 1 aliphatic rings. The Balaban J connectivity index is 1.50. The Kier molecular flexibility index (Phi) is 5.41. The van der Waals surface area contributed by atoms with Gasteiger partial charge in [-0.2, -0.15) is 0 Å². The van der Waals surface area contributed by atoms with Crippen LogP contribution in [0.3, 0.4) is 0 Å². The lowest BCUT2D eigenvalue weighted by Crippen LogP contribution is -2.38. The number of amides is 1. The van der Waals surface area contributed by atoms with Gasteiger partial charge < -0.3 is 10.2 Å². The van der Waals surface area contributed by atoms with Crippen molar-refractivity contribution in [2.45, 2.75) is 26.2 Å². The zero-order chi connectivity index (χ0) is 16.8. The molecule has 0 bridgehead atoms. The Hall–Kier alpha value is -2.43. The highest BCUT2D eigenvalue weighted by molar-refractivity contribution is 5.92. The molecule has 1 N–H and O–H groups in total. The van der Waals surface area contributed by atoms with Gasteiger partial charge in [-0.25, -0.2) is 0 Å². The van der Waals surface area contributed by atoms with Gasteiger partial charge in [-0.3, -0.25) is 4.79 Å². The summed E-state index contributed by atoms with van der Waals surface area (Å²) < 4.78 is 0. The van der Waals surface area contributed by atoms with E-state index >= 15 is 0 Å². The first kappa shape index (κ1) is 16.4. The molecule has 1 aliphatic heterocycles. The minimum Gasteiger partial charge on any atom is -0.368 e. The van der Waals surface area contributed by atoms with E-state index < -0.39 is 0 Å². The molecular formula is C19H24N4O. The summed E-state index contributed by atoms with van der Waals surface area (Å²) in [5.74, 6) is 1.40. The van der Waals surface area contributed by atoms with E-state index in [0.29, 0.717) is 17.4 Å². The van der Waals surface area contributed by atoms with Gasteiger partial charge in [0, 0.05) is 19.6 Å². The molecule has 24 heavy (non-hydrogen) atoms. The molecule has 0 aliphatic carbocycles. The van der Waals surface area contributed by atoms with Crippen LogP contribution in [0.25, 0.3) is 0 Å². The lowest BCUT2D eigenvalue weighted by atomic mass is 9.99. The third-order valence-corrected chi connectivity index (χ3v) is 4.52. The van der Waals surface area contributed by atoms with Crippen LogP contribution < -0.4 is 5.32 Å². The molecule has 2 aromatic rings. The number of aromatic nitrogens is 2. The Morgan fingerprint density at radius 2 is 1.88 bits per heavy atom. The minimum absolute atomic E-state index is 0.00904. The maximum absolute atomic E-state index is 12.4. The van der Waals surface area contributed by atoms with E-state index in [0.717, 1.165) is 38.9 Å². The smallest absolute Gasteiger partial charge is 0.274 e. The molecule has 3 rings (SSSR count). The van der Waals surface area contributed by atoms with Crippen molar-refractivity contribution in [3.63, 3.8) is 0 Å². The lowest BCUT2D eigenvalue weighted by molar-refractivity contribution is 0.0690. The molecule has 0 unspecified atom stereocenters. The number of carbonyl (C=O) groups is 1. The molecule has 2 heterocycles. The van der Waals surface area contributed by atoms with E-state index in [1.165, 1.54) is 5.56 Å². The summed E-state index contributed by atoms with van der Waals surface area (Å²) in [6, 6.07) is 13.9. The maximum atomic E-state index is 12.4. The molecule has 1 amide bonds. The number of rotatable bonds is 5. The summed E-state index contributed by atoms with van der Waals surface area (Å²) >= 11 is 0. The minimum atomic E-state index is -0.00904. The second-order valence-corrected chi connectivity index (χ2v) is 6.44. The third kappa shape index (κ3) is 4.31. The van der Waals surface area contributed by atoms with Crippen LogP contribution in [0.1, 0.15) is 35.8 Å². The van der Waals surface area contributed by atoms with Crippen LogP contribution in [0, 0.1) is 5.92 Å². The monoisotopic (exact) mass is 324 g/mol. The first-order valence-electron chi connectivity index (χ1n) is 8.63. The largest absolute Gasteiger partial charge is 0.368 e. The van der Waals surface area contributed by atoms with Crippen molar-refractivity contribution in [1.82, 2.24) is 15.1 Å². The molecule has 5 nitrogen and oxygen atoms in total. The molecule has 0 saturated carbocycles. The fourth-order valence-electron chi connectivity index (χ4n) is 2.89. The Bertz CT molecular complexity index is 649. The van der Waals surface area contributed by atoms with Crippen LogP contribution in [0.4, 0.5) is 5.82 Å². The van der Waals surface area contributed by atoms with Crippen molar-refractivity contribution in [2.75, 3.05) is 25.0 Å². The number of likely N-dealkylation sites (tertiary alicyclic amines) is 1. The van der Waals surface area contributed by atoms with E-state index in [2.05, 4.69) is 34.6 Å². The van der Waals surface area contributed by atoms with Crippen LogP contribution in [-0.4, -0.2) is 40.6 Å². The van der Waals surface area contributed by atoms with Gasteiger partial charge in [0.2, 0.25) is 0 Å². The van der Waals surface area contributed by atoms with E-state index in [-0.39, 0.29) is 5.91 Å². The molecule has 1 saturated heterocycles. The molecule has 0 atom stereocenters. The molecular weight excluding hydrogens is 300 g/mol. The summed E-state index contributed by atoms with van der Waals surface area (Å²) in [5.41, 5.74) is 1.71. The average Bonchev–Trinajstić information content (AvgIpc) is 2.63. The second-order valence-electron chi connectivity index (χ2n) is 6.44. The van der Waals surface area contributed by atoms with Crippen LogP contribution in [-0.2, 0) is 6.42 Å². The van der Waals surface area contributed by atoms with Gasteiger partial charge in [-0.1, -0.05) is 37.3 Å². The number of hydrogen-bond acceptors (Lipinski definition) is 4. The summed E-state index contributed by atoms with van der Waals surface area (Å²) in [7, 11) is 0. The quantitative estimate of drug-likeness (QED) is 0.918. The number of hydrogen-bond donors (Lipinski definition) is 1.